The molecule has 0 fully saturated rings. The van der Waals surface area contributed by atoms with Crippen LogP contribution in [0.1, 0.15) is 0 Å². The zero-order valence-electron chi connectivity index (χ0n) is 8.60. The third-order valence-electron chi connectivity index (χ3n) is 2.38. The van der Waals surface area contributed by atoms with Gasteiger partial charge in [0.1, 0.15) is 0 Å². The lowest BCUT2D eigenvalue weighted by Crippen LogP contribution is -1.98. The zero-order chi connectivity index (χ0) is 11.7. The average Bonchev–Trinajstić information content (AvgIpc) is 2.41. The molecule has 0 radical (unpaired) electrons. The van der Waals surface area contributed by atoms with E-state index in [1.165, 1.54) is 13.2 Å². The van der Waals surface area contributed by atoms with Crippen molar-refractivity contribution in [3.63, 3.8) is 0 Å². The van der Waals surface area contributed by atoms with Crippen molar-refractivity contribution in [2.45, 2.75) is 0 Å². The molecule has 0 bridgehead atoms. The highest BCUT2D eigenvalue weighted by molar-refractivity contribution is 5.90. The number of aromatic hydroxyl groups is 2. The number of rotatable bonds is 1. The fourth-order valence-electron chi connectivity index (χ4n) is 1.58. The molecule has 4 nitrogen and oxygen atoms in total. The molecule has 0 saturated heterocycles. The van der Waals surface area contributed by atoms with Crippen molar-refractivity contribution in [1.29, 1.82) is 0 Å². The van der Waals surface area contributed by atoms with E-state index in [1.54, 1.807) is 24.3 Å². The van der Waals surface area contributed by atoms with Crippen molar-refractivity contribution >= 4 is 10.8 Å². The van der Waals surface area contributed by atoms with Crippen molar-refractivity contribution in [3.05, 3.63) is 40.6 Å². The Labute approximate surface area is 91.4 Å². The van der Waals surface area contributed by atoms with E-state index in [4.69, 9.17) is 4.74 Å². The maximum absolute atomic E-state index is 11.8. The monoisotopic (exact) mass is 218 g/mol. The maximum Gasteiger partial charge on any atom is 0.231 e. The van der Waals surface area contributed by atoms with Gasteiger partial charge in [-0.15, -0.1) is 0 Å². The molecule has 2 N–H and O–H groups in total. The summed E-state index contributed by atoms with van der Waals surface area (Å²) in [7, 11) is 1.40. The molecule has 0 aliphatic heterocycles. The van der Waals surface area contributed by atoms with E-state index in [9.17, 15) is 15.0 Å². The molecule has 0 heterocycles. The van der Waals surface area contributed by atoms with Crippen LogP contribution in [-0.2, 0) is 0 Å². The maximum atomic E-state index is 11.8. The molecule has 0 amide bonds. The van der Waals surface area contributed by atoms with Gasteiger partial charge in [0.2, 0.25) is 5.43 Å². The van der Waals surface area contributed by atoms with Crippen LogP contribution in [0.3, 0.4) is 0 Å². The molecule has 0 aliphatic carbocycles. The van der Waals surface area contributed by atoms with Gasteiger partial charge in [-0.3, -0.25) is 4.79 Å². The highest BCUT2D eigenvalue weighted by atomic mass is 16.5. The van der Waals surface area contributed by atoms with Gasteiger partial charge in [-0.1, -0.05) is 18.2 Å². The molecular formula is C12H10O4. The second kappa shape index (κ2) is 3.73. The largest absolute Gasteiger partial charge is 0.504 e. The molecule has 2 aromatic rings. The molecule has 82 valence electrons. The van der Waals surface area contributed by atoms with Crippen molar-refractivity contribution in [3.8, 4) is 17.2 Å². The number of benzene rings is 1. The molecule has 2 aromatic carbocycles. The third kappa shape index (κ3) is 1.44. The van der Waals surface area contributed by atoms with Crippen molar-refractivity contribution in [1.82, 2.24) is 0 Å². The average molecular weight is 218 g/mol. The Morgan fingerprint density at radius 3 is 2.56 bits per heavy atom. The first kappa shape index (κ1) is 10.3. The lowest BCUT2D eigenvalue weighted by Gasteiger charge is -2.03. The molecule has 0 aromatic heterocycles. The third-order valence-corrected chi connectivity index (χ3v) is 2.38. The standard InChI is InChI=1S/C12H10O4/c1-16-9-6-5-7-3-2-4-8(13)11(14)10(7)12(9)15/h2-6,15H,1H3,(H,13,14). The molecule has 0 saturated carbocycles. The van der Waals surface area contributed by atoms with Crippen LogP contribution in [-0.4, -0.2) is 17.3 Å². The molecule has 0 spiro atoms. The van der Waals surface area contributed by atoms with Crippen LogP contribution in [0.25, 0.3) is 10.8 Å². The summed E-state index contributed by atoms with van der Waals surface area (Å²) in [6, 6.07) is 7.68. The topological polar surface area (TPSA) is 66.8 Å². The molecule has 2 rings (SSSR count). The minimum absolute atomic E-state index is 0.0573. The van der Waals surface area contributed by atoms with Crippen LogP contribution in [0.5, 0.6) is 17.2 Å². The summed E-state index contributed by atoms with van der Waals surface area (Å²) in [6.45, 7) is 0. The van der Waals surface area contributed by atoms with E-state index in [-0.39, 0.29) is 16.9 Å². The first-order chi connectivity index (χ1) is 7.65. The number of phenolic OH excluding ortho intramolecular Hbond substituents is 1. The second-order valence-corrected chi connectivity index (χ2v) is 3.32. The van der Waals surface area contributed by atoms with Crippen LogP contribution in [0.4, 0.5) is 0 Å². The molecule has 0 aliphatic rings. The van der Waals surface area contributed by atoms with E-state index in [0.717, 1.165) is 0 Å². The number of fused-ring (bicyclic) bond motifs is 1. The lowest BCUT2D eigenvalue weighted by molar-refractivity contribution is 0.376. The summed E-state index contributed by atoms with van der Waals surface area (Å²) < 4.78 is 4.91. The SMILES string of the molecule is COc1ccc2cccc(O)c(=O)c2c1O. The molecule has 4 heteroatoms. The Morgan fingerprint density at radius 2 is 1.88 bits per heavy atom. The van der Waals surface area contributed by atoms with Gasteiger partial charge in [0, 0.05) is 0 Å². The molecule has 0 atom stereocenters. The minimum atomic E-state index is -0.614. The van der Waals surface area contributed by atoms with Crippen LogP contribution >= 0.6 is 0 Å². The van der Waals surface area contributed by atoms with Crippen molar-refractivity contribution < 1.29 is 14.9 Å². The Bertz CT molecular complexity index is 605. The summed E-state index contributed by atoms with van der Waals surface area (Å²) in [6.07, 6.45) is 0. The highest BCUT2D eigenvalue weighted by Crippen LogP contribution is 2.32. The lowest BCUT2D eigenvalue weighted by atomic mass is 10.1. The molecular weight excluding hydrogens is 208 g/mol. The number of hydrogen-bond donors (Lipinski definition) is 2. The predicted molar refractivity (Wildman–Crippen MR) is 60.1 cm³/mol. The quantitative estimate of drug-likeness (QED) is 0.763. The number of hydrogen-bond acceptors (Lipinski definition) is 4. The Balaban J connectivity index is 3.03. The van der Waals surface area contributed by atoms with E-state index < -0.39 is 11.2 Å². The predicted octanol–water partition coefficient (Wildman–Crippen LogP) is 1.62. The Morgan fingerprint density at radius 1 is 1.12 bits per heavy atom. The highest BCUT2D eigenvalue weighted by Gasteiger charge is 2.10. The fraction of sp³-hybridized carbons (Fsp3) is 0.0833. The van der Waals surface area contributed by atoms with Gasteiger partial charge in [-0.2, -0.15) is 0 Å². The van der Waals surface area contributed by atoms with Gasteiger partial charge >= 0.3 is 0 Å². The van der Waals surface area contributed by atoms with Crippen LogP contribution in [0.2, 0.25) is 0 Å². The first-order valence-electron chi connectivity index (χ1n) is 4.67. The Hall–Kier alpha value is -2.23. The fourth-order valence-corrected chi connectivity index (χ4v) is 1.58. The van der Waals surface area contributed by atoms with Gasteiger partial charge in [0.15, 0.2) is 17.2 Å². The second-order valence-electron chi connectivity index (χ2n) is 3.32. The van der Waals surface area contributed by atoms with Gasteiger partial charge < -0.3 is 14.9 Å². The summed E-state index contributed by atoms with van der Waals surface area (Å²) in [5.74, 6) is -0.453. The van der Waals surface area contributed by atoms with Crippen LogP contribution < -0.4 is 10.2 Å². The molecule has 0 unspecified atom stereocenters. The van der Waals surface area contributed by atoms with Gasteiger partial charge in [-0.05, 0) is 17.5 Å². The van der Waals surface area contributed by atoms with Gasteiger partial charge in [0.25, 0.3) is 0 Å². The molecule has 16 heavy (non-hydrogen) atoms. The Kier molecular flexibility index (Phi) is 2.40. The zero-order valence-corrected chi connectivity index (χ0v) is 8.60. The number of methoxy groups -OCH3 is 1. The summed E-state index contributed by atoms with van der Waals surface area (Å²) >= 11 is 0. The van der Waals surface area contributed by atoms with Crippen molar-refractivity contribution in [2.24, 2.45) is 0 Å². The van der Waals surface area contributed by atoms with E-state index >= 15 is 0 Å². The van der Waals surface area contributed by atoms with Gasteiger partial charge in [-0.25, -0.2) is 0 Å². The normalized spacial score (nSPS) is 10.3. The van der Waals surface area contributed by atoms with E-state index in [2.05, 4.69) is 0 Å². The summed E-state index contributed by atoms with van der Waals surface area (Å²) in [4.78, 5) is 11.8. The number of ether oxygens (including phenoxy) is 1. The first-order valence-corrected chi connectivity index (χ1v) is 4.67. The van der Waals surface area contributed by atoms with Crippen molar-refractivity contribution in [2.75, 3.05) is 7.11 Å². The number of phenols is 1. The smallest absolute Gasteiger partial charge is 0.231 e. The van der Waals surface area contributed by atoms with Gasteiger partial charge in [0.05, 0.1) is 12.5 Å². The summed E-state index contributed by atoms with van der Waals surface area (Å²) in [5.41, 5.74) is -0.614. The van der Waals surface area contributed by atoms with Crippen LogP contribution in [0.15, 0.2) is 35.1 Å². The minimum Gasteiger partial charge on any atom is -0.504 e. The van der Waals surface area contributed by atoms with E-state index in [0.29, 0.717) is 5.39 Å². The van der Waals surface area contributed by atoms with E-state index in [1.807, 2.05) is 0 Å². The van der Waals surface area contributed by atoms with Crippen LogP contribution in [0, 0.1) is 0 Å². The summed E-state index contributed by atoms with van der Waals surface area (Å²) in [5, 5.41) is 19.8.